The topological polar surface area (TPSA) is 86.8 Å². The Morgan fingerprint density at radius 3 is 2.17 bits per heavy atom. The molecule has 7 nitrogen and oxygen atoms in total. The Bertz CT molecular complexity index is 1290. The number of alkyl halides is 3. The number of nitrogens with one attached hydrogen (secondary N) is 1. The number of hydrogen-bond acceptors (Lipinski definition) is 6. The van der Waals surface area contributed by atoms with Crippen molar-refractivity contribution in [3.8, 4) is 0 Å². The number of benzene rings is 2. The summed E-state index contributed by atoms with van der Waals surface area (Å²) in [6, 6.07) is 10.7. The van der Waals surface area contributed by atoms with E-state index in [0.717, 1.165) is 42.5 Å². The molecule has 226 valence electrons. The third-order valence-electron chi connectivity index (χ3n) is 7.50. The molecule has 2 aromatic carbocycles. The highest BCUT2D eigenvalue weighted by Gasteiger charge is 2.35. The predicted molar refractivity (Wildman–Crippen MR) is 154 cm³/mol. The molecule has 0 bridgehead atoms. The van der Waals surface area contributed by atoms with Crippen LogP contribution < -0.4 is 5.32 Å². The van der Waals surface area contributed by atoms with Gasteiger partial charge < -0.3 is 10.2 Å². The summed E-state index contributed by atoms with van der Waals surface area (Å²) in [5.74, 6) is -2.01. The molecule has 0 aromatic heterocycles. The fourth-order valence-corrected chi connectivity index (χ4v) is 7.19. The standard InChI is InChI=1S/C29H38F3N3O4S2/c1-5-34(20(2)3)23-9-11-24(12-10-23)35(19-41(38,39)26-15-13-25(40-4)14-16-26)27(36)18-33-28(37)21-7-6-8-22(17-21)29(30,31)32/h6-8,13-17,20,23-24H,5,9-12,18-19H2,1-4H3,(H,33,37). The highest BCUT2D eigenvalue weighted by atomic mass is 32.2. The van der Waals surface area contributed by atoms with Gasteiger partial charge in [0.2, 0.25) is 5.91 Å². The number of hydrogen-bond donors (Lipinski definition) is 1. The van der Waals surface area contributed by atoms with Crippen LogP contribution in [0.15, 0.2) is 58.3 Å². The van der Waals surface area contributed by atoms with Crippen molar-refractivity contribution in [3.05, 3.63) is 59.7 Å². The van der Waals surface area contributed by atoms with Crippen molar-refractivity contribution in [3.63, 3.8) is 0 Å². The SMILES string of the molecule is CCN(C(C)C)C1CCC(N(CS(=O)(=O)c2ccc(SC)cc2)C(=O)CNC(=O)c2cccc(C(F)(F)F)c2)CC1. The molecular formula is C29H38F3N3O4S2. The zero-order valence-electron chi connectivity index (χ0n) is 23.8. The van der Waals surface area contributed by atoms with Crippen LogP contribution in [-0.4, -0.2) is 73.4 Å². The number of thioether (sulfide) groups is 1. The lowest BCUT2D eigenvalue weighted by molar-refractivity contribution is -0.137. The predicted octanol–water partition coefficient (Wildman–Crippen LogP) is 5.46. The molecule has 1 aliphatic rings. The first-order valence-corrected chi connectivity index (χ1v) is 16.5. The minimum atomic E-state index is -4.62. The molecule has 2 aromatic rings. The molecule has 0 radical (unpaired) electrons. The molecule has 1 saturated carbocycles. The van der Waals surface area contributed by atoms with Crippen molar-refractivity contribution in [2.75, 3.05) is 25.2 Å². The van der Waals surface area contributed by atoms with Crippen LogP contribution in [0, 0.1) is 0 Å². The number of rotatable bonds is 11. The van der Waals surface area contributed by atoms with Gasteiger partial charge in [0, 0.05) is 28.6 Å². The van der Waals surface area contributed by atoms with Crippen LogP contribution in [0.3, 0.4) is 0 Å². The van der Waals surface area contributed by atoms with Gasteiger partial charge in [0.15, 0.2) is 9.84 Å². The average molecular weight is 614 g/mol. The largest absolute Gasteiger partial charge is 0.416 e. The molecule has 0 spiro atoms. The lowest BCUT2D eigenvalue weighted by atomic mass is 9.88. The van der Waals surface area contributed by atoms with E-state index in [2.05, 4.69) is 31.0 Å². The van der Waals surface area contributed by atoms with Gasteiger partial charge >= 0.3 is 6.18 Å². The van der Waals surface area contributed by atoms with Crippen molar-refractivity contribution in [1.29, 1.82) is 0 Å². The Balaban J connectivity index is 1.78. The van der Waals surface area contributed by atoms with Gasteiger partial charge in [-0.15, -0.1) is 11.8 Å². The van der Waals surface area contributed by atoms with E-state index in [1.165, 1.54) is 34.9 Å². The number of amides is 2. The summed E-state index contributed by atoms with van der Waals surface area (Å²) in [4.78, 5) is 30.8. The van der Waals surface area contributed by atoms with Crippen LogP contribution in [0.2, 0.25) is 0 Å². The van der Waals surface area contributed by atoms with Crippen LogP contribution >= 0.6 is 11.8 Å². The quantitative estimate of drug-likeness (QED) is 0.339. The molecule has 3 rings (SSSR count). The van der Waals surface area contributed by atoms with Crippen LogP contribution in [0.4, 0.5) is 13.2 Å². The van der Waals surface area contributed by atoms with E-state index in [1.807, 2.05) is 6.26 Å². The molecule has 2 amide bonds. The third-order valence-corrected chi connectivity index (χ3v) is 9.86. The molecule has 41 heavy (non-hydrogen) atoms. The van der Waals surface area contributed by atoms with Crippen molar-refractivity contribution in [2.24, 2.45) is 0 Å². The number of carbonyl (C=O) groups excluding carboxylic acids is 2. The van der Waals surface area contributed by atoms with Crippen LogP contribution in [0.25, 0.3) is 0 Å². The van der Waals surface area contributed by atoms with Gasteiger partial charge in [-0.2, -0.15) is 13.2 Å². The van der Waals surface area contributed by atoms with E-state index in [-0.39, 0.29) is 16.5 Å². The Morgan fingerprint density at radius 1 is 1.02 bits per heavy atom. The van der Waals surface area contributed by atoms with Crippen molar-refractivity contribution in [2.45, 2.75) is 80.5 Å². The number of halogens is 3. The monoisotopic (exact) mass is 613 g/mol. The second-order valence-electron chi connectivity index (χ2n) is 10.4. The second-order valence-corrected chi connectivity index (χ2v) is 13.3. The molecule has 0 atom stereocenters. The van der Waals surface area contributed by atoms with Crippen molar-refractivity contribution in [1.82, 2.24) is 15.1 Å². The molecule has 12 heteroatoms. The molecule has 1 N–H and O–H groups in total. The summed E-state index contributed by atoms with van der Waals surface area (Å²) in [5.41, 5.74) is -1.22. The number of nitrogens with zero attached hydrogens (tertiary/aromatic N) is 2. The maximum absolute atomic E-state index is 13.4. The summed E-state index contributed by atoms with van der Waals surface area (Å²) in [5, 5.41) is 2.39. The average Bonchev–Trinajstić information content (AvgIpc) is 2.94. The molecule has 0 unspecified atom stereocenters. The summed E-state index contributed by atoms with van der Waals surface area (Å²) >= 11 is 1.48. The Morgan fingerprint density at radius 2 is 1.63 bits per heavy atom. The van der Waals surface area contributed by atoms with Gasteiger partial charge in [0.25, 0.3) is 5.91 Å². The molecule has 1 fully saturated rings. The van der Waals surface area contributed by atoms with Crippen LogP contribution in [0.1, 0.15) is 62.4 Å². The van der Waals surface area contributed by atoms with Crippen LogP contribution in [-0.2, 0) is 20.8 Å². The minimum absolute atomic E-state index is 0.0896. The molecule has 0 aliphatic heterocycles. The summed E-state index contributed by atoms with van der Waals surface area (Å²) < 4.78 is 66.0. The van der Waals surface area contributed by atoms with Crippen molar-refractivity contribution < 1.29 is 31.2 Å². The number of carbonyl (C=O) groups is 2. The molecular weight excluding hydrogens is 575 g/mol. The third kappa shape index (κ3) is 8.71. The smallest absolute Gasteiger partial charge is 0.343 e. The first-order chi connectivity index (χ1) is 19.3. The van der Waals surface area contributed by atoms with E-state index >= 15 is 0 Å². The van der Waals surface area contributed by atoms with Gasteiger partial charge in [-0.25, -0.2) is 8.42 Å². The minimum Gasteiger partial charge on any atom is -0.343 e. The van der Waals surface area contributed by atoms with Gasteiger partial charge in [-0.1, -0.05) is 13.0 Å². The highest BCUT2D eigenvalue weighted by molar-refractivity contribution is 7.98. The Hall–Kier alpha value is -2.57. The van der Waals surface area contributed by atoms with E-state index in [4.69, 9.17) is 0 Å². The second kappa shape index (κ2) is 14.1. The normalized spacial score (nSPS) is 18.0. The first kappa shape index (κ1) is 32.9. The Labute approximate surface area is 244 Å². The lowest BCUT2D eigenvalue weighted by Crippen LogP contribution is -2.51. The van der Waals surface area contributed by atoms with E-state index in [1.54, 1.807) is 12.1 Å². The van der Waals surface area contributed by atoms with Gasteiger partial charge in [-0.05, 0) is 94.8 Å². The van der Waals surface area contributed by atoms with Gasteiger partial charge in [0.1, 0.15) is 5.88 Å². The zero-order valence-corrected chi connectivity index (χ0v) is 25.4. The van der Waals surface area contributed by atoms with E-state index in [9.17, 15) is 31.2 Å². The van der Waals surface area contributed by atoms with Crippen LogP contribution in [0.5, 0.6) is 0 Å². The summed E-state index contributed by atoms with van der Waals surface area (Å²) in [6.07, 6.45) is 0.0449. The zero-order chi connectivity index (χ0) is 30.4. The lowest BCUT2D eigenvalue weighted by Gasteiger charge is -2.41. The summed E-state index contributed by atoms with van der Waals surface area (Å²) in [7, 11) is -3.89. The molecule has 1 aliphatic carbocycles. The first-order valence-electron chi connectivity index (χ1n) is 13.6. The van der Waals surface area contributed by atoms with Gasteiger partial charge in [0.05, 0.1) is 17.0 Å². The maximum atomic E-state index is 13.4. The number of sulfone groups is 1. The fraction of sp³-hybridized carbons (Fsp3) is 0.517. The fourth-order valence-electron chi connectivity index (χ4n) is 5.36. The molecule has 0 saturated heterocycles. The van der Waals surface area contributed by atoms with E-state index in [0.29, 0.717) is 24.9 Å². The maximum Gasteiger partial charge on any atom is 0.416 e. The molecule has 0 heterocycles. The highest BCUT2D eigenvalue weighted by Crippen LogP contribution is 2.30. The van der Waals surface area contributed by atoms with Gasteiger partial charge in [-0.3, -0.25) is 14.5 Å². The van der Waals surface area contributed by atoms with Crippen molar-refractivity contribution >= 4 is 33.4 Å². The van der Waals surface area contributed by atoms with E-state index < -0.39 is 45.8 Å². The Kier molecular flexibility index (Phi) is 11.3. The summed E-state index contributed by atoms with van der Waals surface area (Å²) in [6.45, 7) is 6.71.